The lowest BCUT2D eigenvalue weighted by Crippen LogP contribution is -2.16. The van der Waals surface area contributed by atoms with E-state index in [4.69, 9.17) is 0 Å². The number of anilines is 5. The van der Waals surface area contributed by atoms with Gasteiger partial charge in [0.15, 0.2) is 0 Å². The van der Waals surface area contributed by atoms with Crippen LogP contribution in [0.2, 0.25) is 0 Å². The lowest BCUT2D eigenvalue weighted by atomic mass is 10.1. The Morgan fingerprint density at radius 1 is 0.455 bits per heavy atom. The van der Waals surface area contributed by atoms with Gasteiger partial charge in [-0.15, -0.1) is 0 Å². The summed E-state index contributed by atoms with van der Waals surface area (Å²) in [6, 6.07) is 41.8. The zero-order valence-electron chi connectivity index (χ0n) is 26.2. The molecule has 5 aromatic rings. The number of hydrogen-bond acceptors (Lipinski definition) is 2. The van der Waals surface area contributed by atoms with Crippen LogP contribution in [-0.2, 0) is 0 Å². The lowest BCUT2D eigenvalue weighted by Gasteiger charge is -2.28. The van der Waals surface area contributed by atoms with E-state index in [1.165, 1.54) is 56.1 Å². The number of aryl methyl sites for hydroxylation is 4. The molecular formula is C42H40N2. The average Bonchev–Trinajstić information content (AvgIpc) is 3.02. The highest BCUT2D eigenvalue weighted by Gasteiger charge is 2.15. The third-order valence-electron chi connectivity index (χ3n) is 7.95. The van der Waals surface area contributed by atoms with E-state index >= 15 is 0 Å². The van der Waals surface area contributed by atoms with Crippen LogP contribution >= 0.6 is 0 Å². The molecule has 2 nitrogen and oxygen atoms in total. The van der Waals surface area contributed by atoms with Crippen LogP contribution in [-0.4, -0.2) is 0 Å². The van der Waals surface area contributed by atoms with Gasteiger partial charge in [-0.05, 0) is 141 Å². The summed E-state index contributed by atoms with van der Waals surface area (Å²) >= 11 is 0. The maximum Gasteiger partial charge on any atom is 0.0466 e. The van der Waals surface area contributed by atoms with Crippen LogP contribution in [0.1, 0.15) is 46.2 Å². The summed E-state index contributed by atoms with van der Waals surface area (Å²) in [6.45, 7) is 8.66. The monoisotopic (exact) mass is 572 g/mol. The van der Waals surface area contributed by atoms with E-state index in [1.807, 2.05) is 0 Å². The van der Waals surface area contributed by atoms with Crippen molar-refractivity contribution >= 4 is 40.6 Å². The van der Waals surface area contributed by atoms with Crippen LogP contribution in [0.5, 0.6) is 0 Å². The standard InChI is InChI=1S/C42H40N2/c1-31-25-32(2)28-41(27-31)43(37-11-7-5-8-12-37)39-21-17-35(18-22-39)15-16-36-19-23-40(24-20-36)44(38-13-9-6-10-14-38)42-29-33(3)26-34(4)30-42/h5,7-9,11-30H,6,10H2,1-4H3/b16-15+. The van der Waals surface area contributed by atoms with Crippen molar-refractivity contribution in [3.05, 3.63) is 173 Å². The van der Waals surface area contributed by atoms with E-state index in [2.05, 4.69) is 183 Å². The first-order chi connectivity index (χ1) is 21.4. The highest BCUT2D eigenvalue weighted by molar-refractivity contribution is 5.79. The second-order valence-electron chi connectivity index (χ2n) is 11.8. The Kier molecular flexibility index (Phi) is 8.61. The normalized spacial score (nSPS) is 12.8. The summed E-state index contributed by atoms with van der Waals surface area (Å²) in [5.74, 6) is 0. The summed E-state index contributed by atoms with van der Waals surface area (Å²) in [5, 5.41) is 0. The number of hydrogen-bond donors (Lipinski definition) is 0. The highest BCUT2D eigenvalue weighted by atomic mass is 15.1. The largest absolute Gasteiger partial charge is 0.311 e. The van der Waals surface area contributed by atoms with E-state index in [9.17, 15) is 0 Å². The molecule has 1 aliphatic carbocycles. The fourth-order valence-electron chi connectivity index (χ4n) is 6.06. The summed E-state index contributed by atoms with van der Waals surface area (Å²) in [6.07, 6.45) is 13.4. The van der Waals surface area contributed by atoms with Gasteiger partial charge in [0, 0.05) is 34.1 Å². The first kappa shape index (κ1) is 29.0. The van der Waals surface area contributed by atoms with Gasteiger partial charge in [0.1, 0.15) is 0 Å². The topological polar surface area (TPSA) is 6.48 Å². The molecule has 44 heavy (non-hydrogen) atoms. The Morgan fingerprint density at radius 3 is 1.39 bits per heavy atom. The number of rotatable bonds is 8. The van der Waals surface area contributed by atoms with Crippen molar-refractivity contribution in [3.8, 4) is 0 Å². The Hall–Kier alpha value is -5.08. The number of allylic oxidation sites excluding steroid dienone is 3. The van der Waals surface area contributed by atoms with Crippen LogP contribution < -0.4 is 9.80 Å². The Morgan fingerprint density at radius 2 is 0.909 bits per heavy atom. The molecule has 0 spiro atoms. The highest BCUT2D eigenvalue weighted by Crippen LogP contribution is 2.36. The fraction of sp³-hybridized carbons (Fsp3) is 0.143. The van der Waals surface area contributed by atoms with E-state index < -0.39 is 0 Å². The molecule has 0 aliphatic heterocycles. The van der Waals surface area contributed by atoms with Gasteiger partial charge < -0.3 is 9.80 Å². The summed E-state index contributed by atoms with van der Waals surface area (Å²) in [4.78, 5) is 4.70. The second-order valence-corrected chi connectivity index (χ2v) is 11.8. The summed E-state index contributed by atoms with van der Waals surface area (Å²) in [7, 11) is 0. The minimum atomic E-state index is 1.07. The minimum Gasteiger partial charge on any atom is -0.311 e. The summed E-state index contributed by atoms with van der Waals surface area (Å²) in [5.41, 5.74) is 14.5. The predicted octanol–water partition coefficient (Wildman–Crippen LogP) is 11.9. The van der Waals surface area contributed by atoms with E-state index in [0.717, 1.165) is 24.2 Å². The molecule has 0 N–H and O–H groups in total. The molecule has 0 heterocycles. The molecule has 2 heteroatoms. The molecule has 0 fully saturated rings. The van der Waals surface area contributed by atoms with Crippen molar-refractivity contribution < 1.29 is 0 Å². The van der Waals surface area contributed by atoms with Gasteiger partial charge >= 0.3 is 0 Å². The SMILES string of the molecule is Cc1cc(C)cc(N(C2=CCCC=C2)c2ccc(/C=C/c3ccc(N(c4ccccc4)c4cc(C)cc(C)c4)cc3)cc2)c1. The number of para-hydroxylation sites is 1. The van der Waals surface area contributed by atoms with E-state index in [-0.39, 0.29) is 0 Å². The van der Waals surface area contributed by atoms with Crippen molar-refractivity contribution in [1.82, 2.24) is 0 Å². The molecule has 0 unspecified atom stereocenters. The molecular weight excluding hydrogens is 532 g/mol. The van der Waals surface area contributed by atoms with Crippen molar-refractivity contribution in [2.24, 2.45) is 0 Å². The molecule has 0 atom stereocenters. The van der Waals surface area contributed by atoms with Gasteiger partial charge in [0.05, 0.1) is 0 Å². The molecule has 0 saturated heterocycles. The number of nitrogens with zero attached hydrogens (tertiary/aromatic N) is 2. The zero-order valence-corrected chi connectivity index (χ0v) is 26.2. The smallest absolute Gasteiger partial charge is 0.0466 e. The van der Waals surface area contributed by atoms with Crippen molar-refractivity contribution in [3.63, 3.8) is 0 Å². The molecule has 0 aromatic heterocycles. The molecule has 6 rings (SSSR count). The zero-order chi connectivity index (χ0) is 30.5. The minimum absolute atomic E-state index is 1.07. The Labute approximate surface area is 262 Å². The molecule has 5 aromatic carbocycles. The molecule has 0 bridgehead atoms. The molecule has 218 valence electrons. The third-order valence-corrected chi connectivity index (χ3v) is 7.95. The van der Waals surface area contributed by atoms with Crippen LogP contribution in [0.4, 0.5) is 28.4 Å². The molecule has 0 saturated carbocycles. The first-order valence-electron chi connectivity index (χ1n) is 15.5. The van der Waals surface area contributed by atoms with Gasteiger partial charge in [-0.25, -0.2) is 0 Å². The maximum absolute atomic E-state index is 2.37. The molecule has 1 aliphatic rings. The number of benzene rings is 5. The van der Waals surface area contributed by atoms with Gasteiger partial charge in [0.25, 0.3) is 0 Å². The first-order valence-corrected chi connectivity index (χ1v) is 15.5. The average molecular weight is 573 g/mol. The van der Waals surface area contributed by atoms with Crippen LogP contribution in [0.25, 0.3) is 12.2 Å². The van der Waals surface area contributed by atoms with E-state index in [0.29, 0.717) is 0 Å². The maximum atomic E-state index is 2.37. The van der Waals surface area contributed by atoms with Crippen molar-refractivity contribution in [2.45, 2.75) is 40.5 Å². The van der Waals surface area contributed by atoms with Crippen molar-refractivity contribution in [2.75, 3.05) is 9.80 Å². The summed E-state index contributed by atoms with van der Waals surface area (Å²) < 4.78 is 0. The Bertz CT molecular complexity index is 1780. The molecule has 0 radical (unpaired) electrons. The van der Waals surface area contributed by atoms with Gasteiger partial charge in [0.2, 0.25) is 0 Å². The molecule has 0 amide bonds. The third kappa shape index (κ3) is 6.76. The lowest BCUT2D eigenvalue weighted by molar-refractivity contribution is 0.996. The quantitative estimate of drug-likeness (QED) is 0.171. The van der Waals surface area contributed by atoms with Gasteiger partial charge in [-0.1, -0.05) is 78.9 Å². The van der Waals surface area contributed by atoms with Crippen LogP contribution in [0.15, 0.2) is 139 Å². The van der Waals surface area contributed by atoms with Crippen molar-refractivity contribution in [1.29, 1.82) is 0 Å². The Balaban J connectivity index is 1.24. The van der Waals surface area contributed by atoms with Gasteiger partial charge in [-0.2, -0.15) is 0 Å². The van der Waals surface area contributed by atoms with Crippen LogP contribution in [0, 0.1) is 27.7 Å². The fourth-order valence-corrected chi connectivity index (χ4v) is 6.06. The van der Waals surface area contributed by atoms with Crippen LogP contribution in [0.3, 0.4) is 0 Å². The second kappa shape index (κ2) is 13.1. The predicted molar refractivity (Wildman–Crippen MR) is 190 cm³/mol. The van der Waals surface area contributed by atoms with E-state index in [1.54, 1.807) is 0 Å². The van der Waals surface area contributed by atoms with Gasteiger partial charge in [-0.3, -0.25) is 0 Å².